The minimum absolute atomic E-state index is 0.0167. The summed E-state index contributed by atoms with van der Waals surface area (Å²) in [6.45, 7) is 2.65. The van der Waals surface area contributed by atoms with Crippen LogP contribution in [0.15, 0.2) is 114 Å². The van der Waals surface area contributed by atoms with Crippen molar-refractivity contribution in [3.8, 4) is 0 Å². The second-order valence-electron chi connectivity index (χ2n) is 11.2. The number of hydrogen-bond acceptors (Lipinski definition) is 3. The summed E-state index contributed by atoms with van der Waals surface area (Å²) >= 11 is 0. The lowest BCUT2D eigenvalue weighted by molar-refractivity contribution is -0.120. The lowest BCUT2D eigenvalue weighted by Gasteiger charge is -2.33. The van der Waals surface area contributed by atoms with E-state index in [0.717, 1.165) is 47.9 Å². The number of anilines is 1. The number of nitrogens with zero attached hydrogens (tertiary/aromatic N) is 3. The van der Waals surface area contributed by atoms with Gasteiger partial charge in [0, 0.05) is 6.54 Å². The first kappa shape index (κ1) is 30.5. The molecule has 1 unspecified atom stereocenters. The van der Waals surface area contributed by atoms with Crippen LogP contribution in [-0.4, -0.2) is 35.8 Å². The smallest absolute Gasteiger partial charge is 0.256 e. The van der Waals surface area contributed by atoms with Gasteiger partial charge in [-0.3, -0.25) is 19.5 Å². The maximum Gasteiger partial charge on any atom is 0.256 e. The molecule has 0 fully saturated rings. The molecule has 1 aliphatic rings. The van der Waals surface area contributed by atoms with Crippen LogP contribution in [0.5, 0.6) is 0 Å². The zero-order valence-corrected chi connectivity index (χ0v) is 25.3. The third kappa shape index (κ3) is 7.00. The number of aryl methyl sites for hydroxylation is 1. The number of carbonyl (C=O) groups is 2. The van der Waals surface area contributed by atoms with E-state index in [1.807, 2.05) is 108 Å². The van der Waals surface area contributed by atoms with E-state index in [2.05, 4.69) is 18.0 Å². The maximum atomic E-state index is 14.5. The minimum Gasteiger partial charge on any atom is -0.370 e. The van der Waals surface area contributed by atoms with Gasteiger partial charge < -0.3 is 16.4 Å². The van der Waals surface area contributed by atoms with Crippen molar-refractivity contribution >= 4 is 23.5 Å². The Kier molecular flexibility index (Phi) is 10.1. The first-order valence-electron chi connectivity index (χ1n) is 15.4. The van der Waals surface area contributed by atoms with Crippen molar-refractivity contribution in [3.05, 3.63) is 137 Å². The summed E-state index contributed by atoms with van der Waals surface area (Å²) in [5, 5.41) is 0. The molecular weight excluding hydrogens is 546 g/mol. The van der Waals surface area contributed by atoms with Gasteiger partial charge in [-0.1, -0.05) is 110 Å². The molecule has 5 rings (SSSR count). The van der Waals surface area contributed by atoms with Gasteiger partial charge in [-0.25, -0.2) is 0 Å². The molecule has 0 aliphatic carbocycles. The van der Waals surface area contributed by atoms with E-state index in [0.29, 0.717) is 24.2 Å². The van der Waals surface area contributed by atoms with Crippen LogP contribution in [0, 0.1) is 0 Å². The highest BCUT2D eigenvalue weighted by Gasteiger charge is 2.39. The molecule has 4 aromatic carbocycles. The number of carbonyl (C=O) groups excluding carboxylic acids is 2. The average molecular weight is 588 g/mol. The number of guanidine groups is 1. The molecule has 1 heterocycles. The number of fused-ring (bicyclic) bond motifs is 1. The van der Waals surface area contributed by atoms with E-state index in [1.165, 1.54) is 0 Å². The van der Waals surface area contributed by atoms with Gasteiger partial charge >= 0.3 is 0 Å². The van der Waals surface area contributed by atoms with Crippen LogP contribution in [0.25, 0.3) is 0 Å². The molecule has 0 saturated carbocycles. The number of unbranched alkanes of at least 4 members (excludes halogenated alkanes) is 2. The molecule has 0 aromatic heterocycles. The molecular formula is C37H41N5O2. The summed E-state index contributed by atoms with van der Waals surface area (Å²) in [5.74, 6) is -0.124. The topological polar surface area (TPSA) is 105 Å². The molecule has 7 heteroatoms. The van der Waals surface area contributed by atoms with E-state index >= 15 is 0 Å². The van der Waals surface area contributed by atoms with Gasteiger partial charge in [-0.2, -0.15) is 0 Å². The highest BCUT2D eigenvalue weighted by atomic mass is 16.2. The number of amides is 2. The monoisotopic (exact) mass is 587 g/mol. The standard InChI is InChI=1S/C37H41N5O2/c1-2-32(28-16-8-3-9-17-28)41-26-34(43)42(35(29-18-10-4-11-19-29)30-20-12-5-13-21-30)33-23-22-27(25-31(33)36(41)44)15-7-6-14-24-40-37(38)39/h3-5,8-13,16-23,25,32,35H,2,6-7,14-15,24,26H2,1H3,(H4,38,39,40). The van der Waals surface area contributed by atoms with Crippen molar-refractivity contribution in [2.75, 3.05) is 18.0 Å². The Bertz CT molecular complexity index is 1530. The molecule has 7 nitrogen and oxygen atoms in total. The predicted molar refractivity (Wildman–Crippen MR) is 177 cm³/mol. The molecule has 0 spiro atoms. The van der Waals surface area contributed by atoms with Gasteiger partial charge in [0.1, 0.15) is 6.54 Å². The second kappa shape index (κ2) is 14.5. The lowest BCUT2D eigenvalue weighted by atomic mass is 9.95. The van der Waals surface area contributed by atoms with Crippen LogP contribution in [0.3, 0.4) is 0 Å². The summed E-state index contributed by atoms with van der Waals surface area (Å²) in [7, 11) is 0. The van der Waals surface area contributed by atoms with E-state index in [9.17, 15) is 9.59 Å². The van der Waals surface area contributed by atoms with Gasteiger partial charge in [0.25, 0.3) is 5.91 Å². The molecule has 4 N–H and O–H groups in total. The molecule has 0 saturated heterocycles. The third-order valence-corrected chi connectivity index (χ3v) is 8.24. The summed E-state index contributed by atoms with van der Waals surface area (Å²) < 4.78 is 0. The van der Waals surface area contributed by atoms with Crippen LogP contribution >= 0.6 is 0 Å². The highest BCUT2D eigenvalue weighted by molar-refractivity contribution is 6.10. The number of benzene rings is 4. The fourth-order valence-electron chi connectivity index (χ4n) is 6.14. The zero-order chi connectivity index (χ0) is 30.9. The van der Waals surface area contributed by atoms with E-state index in [1.54, 1.807) is 4.90 Å². The fourth-order valence-corrected chi connectivity index (χ4v) is 6.14. The third-order valence-electron chi connectivity index (χ3n) is 8.24. The van der Waals surface area contributed by atoms with Gasteiger partial charge in [-0.05, 0) is 60.1 Å². The minimum atomic E-state index is -0.394. The van der Waals surface area contributed by atoms with Crippen LogP contribution in [-0.2, 0) is 11.2 Å². The summed E-state index contributed by atoms with van der Waals surface area (Å²) in [6, 6.07) is 35.5. The summed E-state index contributed by atoms with van der Waals surface area (Å²) in [6.07, 6.45) is 4.30. The number of rotatable bonds is 12. The quantitative estimate of drug-likeness (QED) is 0.114. The molecule has 0 radical (unpaired) electrons. The normalized spacial score (nSPS) is 13.9. The molecule has 0 bridgehead atoms. The Morgan fingerprint density at radius 1 is 0.773 bits per heavy atom. The van der Waals surface area contributed by atoms with E-state index in [-0.39, 0.29) is 30.4 Å². The van der Waals surface area contributed by atoms with Gasteiger partial charge in [-0.15, -0.1) is 0 Å². The van der Waals surface area contributed by atoms with Crippen LogP contribution in [0.1, 0.15) is 77.3 Å². The molecule has 1 atom stereocenters. The average Bonchev–Trinajstić information content (AvgIpc) is 3.15. The molecule has 1 aliphatic heterocycles. The Morgan fingerprint density at radius 3 is 1.93 bits per heavy atom. The highest BCUT2D eigenvalue weighted by Crippen LogP contribution is 2.39. The van der Waals surface area contributed by atoms with Crippen molar-refractivity contribution in [2.45, 2.75) is 51.1 Å². The fraction of sp³-hybridized carbons (Fsp3) is 0.270. The molecule has 226 valence electrons. The maximum absolute atomic E-state index is 14.5. The summed E-state index contributed by atoms with van der Waals surface area (Å²) in [4.78, 5) is 36.7. The Balaban J connectivity index is 1.57. The Labute approximate surface area is 260 Å². The second-order valence-corrected chi connectivity index (χ2v) is 11.2. The van der Waals surface area contributed by atoms with Gasteiger partial charge in [0.15, 0.2) is 5.96 Å². The van der Waals surface area contributed by atoms with E-state index < -0.39 is 6.04 Å². The Morgan fingerprint density at radius 2 is 1.36 bits per heavy atom. The first-order valence-corrected chi connectivity index (χ1v) is 15.4. The van der Waals surface area contributed by atoms with Crippen LogP contribution in [0.2, 0.25) is 0 Å². The molecule has 4 aromatic rings. The number of hydrogen-bond donors (Lipinski definition) is 2. The first-order chi connectivity index (χ1) is 21.5. The van der Waals surface area contributed by atoms with Crippen molar-refractivity contribution in [3.63, 3.8) is 0 Å². The van der Waals surface area contributed by atoms with Crippen molar-refractivity contribution in [1.82, 2.24) is 4.90 Å². The number of nitrogens with two attached hydrogens (primary N) is 2. The van der Waals surface area contributed by atoms with Crippen LogP contribution < -0.4 is 16.4 Å². The molecule has 2 amide bonds. The molecule has 44 heavy (non-hydrogen) atoms. The van der Waals surface area contributed by atoms with E-state index in [4.69, 9.17) is 11.5 Å². The van der Waals surface area contributed by atoms with Crippen molar-refractivity contribution in [1.29, 1.82) is 0 Å². The van der Waals surface area contributed by atoms with Gasteiger partial charge in [0.2, 0.25) is 5.91 Å². The summed E-state index contributed by atoms with van der Waals surface area (Å²) in [5.41, 5.74) is 16.1. The zero-order valence-electron chi connectivity index (χ0n) is 25.3. The SMILES string of the molecule is CCC(c1ccccc1)N1CC(=O)N(C(c2ccccc2)c2ccccc2)c2ccc(CCCCCN=C(N)N)cc2C1=O. The number of aliphatic imine (C=N–C) groups is 1. The Hall–Kier alpha value is -4.91. The largest absolute Gasteiger partial charge is 0.370 e. The van der Waals surface area contributed by atoms with Crippen LogP contribution in [0.4, 0.5) is 5.69 Å². The lowest BCUT2D eigenvalue weighted by Crippen LogP contribution is -2.42. The predicted octanol–water partition coefficient (Wildman–Crippen LogP) is 6.40. The van der Waals surface area contributed by atoms with Gasteiger partial charge in [0.05, 0.1) is 23.3 Å². The van der Waals surface area contributed by atoms with Crippen molar-refractivity contribution < 1.29 is 9.59 Å². The van der Waals surface area contributed by atoms with Crippen molar-refractivity contribution in [2.24, 2.45) is 16.5 Å².